The molecule has 0 unspecified atom stereocenters. The number of urea groups is 1. The van der Waals surface area contributed by atoms with Crippen LogP contribution in [0.25, 0.3) is 0 Å². The van der Waals surface area contributed by atoms with Gasteiger partial charge in [0.15, 0.2) is 12.4 Å². The molecular formula is C21H25N3O6. The third kappa shape index (κ3) is 4.05. The van der Waals surface area contributed by atoms with E-state index in [0.29, 0.717) is 31.4 Å². The molecule has 3 rings (SSSR count). The number of nitrogens with one attached hydrogen (secondary N) is 1. The van der Waals surface area contributed by atoms with E-state index in [-0.39, 0.29) is 5.91 Å². The standard InChI is InChI=1S/C21H25N3O6/c1-3-21(4-2)19(28)24(20(29)22-21)12-18(27)30-13-16(25)14-7-9-15(10-8-14)23-11-5-6-17(23)26/h7-10H,3-6,11-13H2,1-2H3,(H,22,29). The van der Waals surface area contributed by atoms with Gasteiger partial charge in [0.2, 0.25) is 5.91 Å². The Morgan fingerprint density at radius 3 is 2.30 bits per heavy atom. The van der Waals surface area contributed by atoms with Crippen LogP contribution in [0.4, 0.5) is 10.5 Å². The van der Waals surface area contributed by atoms with E-state index >= 15 is 0 Å². The first-order valence-electron chi connectivity index (χ1n) is 10.0. The Labute approximate surface area is 174 Å². The Morgan fingerprint density at radius 2 is 1.77 bits per heavy atom. The first-order valence-corrected chi connectivity index (χ1v) is 10.0. The molecule has 2 saturated heterocycles. The fourth-order valence-electron chi connectivity index (χ4n) is 3.70. The Morgan fingerprint density at radius 1 is 1.10 bits per heavy atom. The largest absolute Gasteiger partial charge is 0.456 e. The van der Waals surface area contributed by atoms with Gasteiger partial charge in [-0.3, -0.25) is 24.1 Å². The van der Waals surface area contributed by atoms with Crippen LogP contribution in [-0.4, -0.2) is 59.7 Å². The van der Waals surface area contributed by atoms with Gasteiger partial charge in [-0.1, -0.05) is 13.8 Å². The Kier molecular flexibility index (Phi) is 6.19. The molecule has 0 aliphatic carbocycles. The van der Waals surface area contributed by atoms with Crippen molar-refractivity contribution in [1.82, 2.24) is 10.2 Å². The van der Waals surface area contributed by atoms with Crippen molar-refractivity contribution in [2.24, 2.45) is 0 Å². The smallest absolute Gasteiger partial charge is 0.326 e. The van der Waals surface area contributed by atoms with Crippen LogP contribution in [-0.2, 0) is 19.1 Å². The summed E-state index contributed by atoms with van der Waals surface area (Å²) in [6.07, 6.45) is 2.16. The zero-order chi connectivity index (χ0) is 21.9. The number of hydrogen-bond donors (Lipinski definition) is 1. The molecule has 2 fully saturated rings. The van der Waals surface area contributed by atoms with Crippen LogP contribution in [0, 0.1) is 0 Å². The van der Waals surface area contributed by atoms with Crippen LogP contribution >= 0.6 is 0 Å². The maximum Gasteiger partial charge on any atom is 0.326 e. The molecular weight excluding hydrogens is 390 g/mol. The van der Waals surface area contributed by atoms with E-state index in [1.54, 1.807) is 43.0 Å². The van der Waals surface area contributed by atoms with Gasteiger partial charge in [-0.15, -0.1) is 0 Å². The van der Waals surface area contributed by atoms with E-state index in [1.807, 2.05) is 0 Å². The molecule has 1 N–H and O–H groups in total. The minimum absolute atomic E-state index is 0.0543. The number of carbonyl (C=O) groups excluding carboxylic acids is 5. The highest BCUT2D eigenvalue weighted by molar-refractivity contribution is 6.08. The molecule has 4 amide bonds. The molecule has 0 bridgehead atoms. The summed E-state index contributed by atoms with van der Waals surface area (Å²) >= 11 is 0. The number of benzene rings is 1. The highest BCUT2D eigenvalue weighted by atomic mass is 16.5. The summed E-state index contributed by atoms with van der Waals surface area (Å²) in [4.78, 5) is 63.2. The molecule has 0 aromatic heterocycles. The second kappa shape index (κ2) is 8.64. The van der Waals surface area contributed by atoms with Crippen molar-refractivity contribution in [3.8, 4) is 0 Å². The zero-order valence-electron chi connectivity index (χ0n) is 17.1. The summed E-state index contributed by atoms with van der Waals surface area (Å²) < 4.78 is 4.97. The molecule has 0 saturated carbocycles. The van der Waals surface area contributed by atoms with E-state index in [4.69, 9.17) is 4.74 Å². The summed E-state index contributed by atoms with van der Waals surface area (Å²) in [7, 11) is 0. The predicted octanol–water partition coefficient (Wildman–Crippen LogP) is 1.65. The maximum absolute atomic E-state index is 12.5. The van der Waals surface area contributed by atoms with Gasteiger partial charge in [-0.25, -0.2) is 4.79 Å². The molecule has 0 radical (unpaired) electrons. The third-order valence-corrected chi connectivity index (χ3v) is 5.68. The molecule has 1 aromatic rings. The molecule has 0 spiro atoms. The number of imide groups is 1. The van der Waals surface area contributed by atoms with Gasteiger partial charge in [-0.2, -0.15) is 0 Å². The second-order valence-corrected chi connectivity index (χ2v) is 7.39. The van der Waals surface area contributed by atoms with Crippen molar-refractivity contribution >= 4 is 35.3 Å². The van der Waals surface area contributed by atoms with Crippen LogP contribution in [0.5, 0.6) is 0 Å². The van der Waals surface area contributed by atoms with E-state index in [2.05, 4.69) is 5.32 Å². The number of carbonyl (C=O) groups is 5. The Hall–Kier alpha value is -3.23. The lowest BCUT2D eigenvalue weighted by Gasteiger charge is -2.22. The van der Waals surface area contributed by atoms with Crippen molar-refractivity contribution < 1.29 is 28.7 Å². The van der Waals surface area contributed by atoms with Crippen molar-refractivity contribution in [3.63, 3.8) is 0 Å². The van der Waals surface area contributed by atoms with E-state index < -0.39 is 42.4 Å². The van der Waals surface area contributed by atoms with Crippen LogP contribution in [0.2, 0.25) is 0 Å². The fraction of sp³-hybridized carbons (Fsp3) is 0.476. The van der Waals surface area contributed by atoms with Crippen molar-refractivity contribution in [2.75, 3.05) is 24.6 Å². The van der Waals surface area contributed by atoms with Gasteiger partial charge in [0.05, 0.1) is 0 Å². The Balaban J connectivity index is 1.53. The van der Waals surface area contributed by atoms with Gasteiger partial charge < -0.3 is 15.0 Å². The van der Waals surface area contributed by atoms with E-state index in [9.17, 15) is 24.0 Å². The predicted molar refractivity (Wildman–Crippen MR) is 107 cm³/mol. The summed E-state index contributed by atoms with van der Waals surface area (Å²) in [5, 5.41) is 2.63. The number of Topliss-reactive ketones (excluding diaryl/α,β-unsaturated/α-hetero) is 1. The molecule has 9 nitrogen and oxygen atoms in total. The van der Waals surface area contributed by atoms with Gasteiger partial charge >= 0.3 is 12.0 Å². The monoisotopic (exact) mass is 415 g/mol. The SMILES string of the molecule is CCC1(CC)NC(=O)N(CC(=O)OCC(=O)c2ccc(N3CCCC3=O)cc2)C1=O. The molecule has 0 atom stereocenters. The average Bonchev–Trinajstić information content (AvgIpc) is 3.28. The van der Waals surface area contributed by atoms with Gasteiger partial charge in [0.25, 0.3) is 5.91 Å². The number of anilines is 1. The van der Waals surface area contributed by atoms with Gasteiger partial charge in [0.1, 0.15) is 12.1 Å². The topological polar surface area (TPSA) is 113 Å². The number of ketones is 1. The minimum atomic E-state index is -0.994. The lowest BCUT2D eigenvalue weighted by atomic mass is 9.93. The van der Waals surface area contributed by atoms with Crippen molar-refractivity contribution in [2.45, 2.75) is 45.1 Å². The molecule has 2 heterocycles. The third-order valence-electron chi connectivity index (χ3n) is 5.68. The summed E-state index contributed by atoms with van der Waals surface area (Å²) in [5.41, 5.74) is 0.0650. The van der Waals surface area contributed by atoms with Crippen molar-refractivity contribution in [1.29, 1.82) is 0 Å². The van der Waals surface area contributed by atoms with Crippen molar-refractivity contribution in [3.05, 3.63) is 29.8 Å². The fourth-order valence-corrected chi connectivity index (χ4v) is 3.70. The number of hydrogen-bond acceptors (Lipinski definition) is 6. The molecule has 30 heavy (non-hydrogen) atoms. The van der Waals surface area contributed by atoms with E-state index in [0.717, 1.165) is 17.0 Å². The maximum atomic E-state index is 12.5. The summed E-state index contributed by atoms with van der Waals surface area (Å²) in [6, 6.07) is 5.87. The number of rotatable bonds is 8. The Bertz CT molecular complexity index is 875. The highest BCUT2D eigenvalue weighted by Gasteiger charge is 2.49. The molecule has 9 heteroatoms. The average molecular weight is 415 g/mol. The van der Waals surface area contributed by atoms with Gasteiger partial charge in [0, 0.05) is 24.2 Å². The summed E-state index contributed by atoms with van der Waals surface area (Å²) in [5.74, 6) is -1.67. The number of esters is 1. The zero-order valence-corrected chi connectivity index (χ0v) is 17.1. The van der Waals surface area contributed by atoms with Crippen LogP contribution in [0.15, 0.2) is 24.3 Å². The van der Waals surface area contributed by atoms with Crippen LogP contribution < -0.4 is 10.2 Å². The highest BCUT2D eigenvalue weighted by Crippen LogP contribution is 2.25. The minimum Gasteiger partial charge on any atom is -0.456 e. The molecule has 160 valence electrons. The van der Waals surface area contributed by atoms with Crippen LogP contribution in [0.1, 0.15) is 49.9 Å². The van der Waals surface area contributed by atoms with Crippen LogP contribution in [0.3, 0.4) is 0 Å². The first kappa shape index (κ1) is 21.5. The molecule has 1 aromatic carbocycles. The molecule has 2 aliphatic rings. The lowest BCUT2D eigenvalue weighted by molar-refractivity contribution is -0.146. The molecule has 2 aliphatic heterocycles. The first-order chi connectivity index (χ1) is 14.3. The van der Waals surface area contributed by atoms with E-state index in [1.165, 1.54) is 0 Å². The lowest BCUT2D eigenvalue weighted by Crippen LogP contribution is -2.46. The number of ether oxygens (including phenoxy) is 1. The number of amides is 4. The summed E-state index contributed by atoms with van der Waals surface area (Å²) in [6.45, 7) is 3.18. The number of nitrogens with zero attached hydrogens (tertiary/aromatic N) is 2. The normalized spacial score (nSPS) is 18.0. The van der Waals surface area contributed by atoms with Gasteiger partial charge in [-0.05, 0) is 43.5 Å². The second-order valence-electron chi connectivity index (χ2n) is 7.39. The quantitative estimate of drug-likeness (QED) is 0.392.